The van der Waals surface area contributed by atoms with Gasteiger partial charge in [0.2, 0.25) is 0 Å². The molecule has 0 aliphatic rings. The first-order valence-corrected chi connectivity index (χ1v) is 5.57. The van der Waals surface area contributed by atoms with Gasteiger partial charge in [-0.2, -0.15) is 5.10 Å². The number of nitrogens with one attached hydrogen (secondary N) is 1. The summed E-state index contributed by atoms with van der Waals surface area (Å²) in [5, 5.41) is 8.28. The summed E-state index contributed by atoms with van der Waals surface area (Å²) in [4.78, 5) is 0. The molecule has 0 bridgehead atoms. The Kier molecular flexibility index (Phi) is 3.59. The number of rotatable bonds is 4. The molecular weight excluding hydrogens is 222 g/mol. The van der Waals surface area contributed by atoms with Crippen LogP contribution < -0.4 is 5.32 Å². The van der Waals surface area contributed by atoms with Crippen LogP contribution in [0.25, 0.3) is 0 Å². The summed E-state index contributed by atoms with van der Waals surface area (Å²) in [5.41, 5.74) is 2.25. The molecule has 0 unspecified atom stereocenters. The minimum atomic E-state index is 0.764. The fourth-order valence-electron chi connectivity index (χ4n) is 1.54. The number of nitrogens with zero attached hydrogens (tertiary/aromatic N) is 2. The monoisotopic (exact) mass is 235 g/mol. The normalized spacial score (nSPS) is 10.6. The van der Waals surface area contributed by atoms with E-state index in [2.05, 4.69) is 10.4 Å². The average molecular weight is 236 g/mol. The van der Waals surface area contributed by atoms with Gasteiger partial charge in [-0.05, 0) is 30.8 Å². The van der Waals surface area contributed by atoms with Crippen LogP contribution in [0.4, 0.5) is 0 Å². The van der Waals surface area contributed by atoms with Crippen molar-refractivity contribution < 1.29 is 0 Å². The highest BCUT2D eigenvalue weighted by Gasteiger charge is 1.99. The van der Waals surface area contributed by atoms with E-state index < -0.39 is 0 Å². The van der Waals surface area contributed by atoms with E-state index in [9.17, 15) is 0 Å². The van der Waals surface area contributed by atoms with Crippen molar-refractivity contribution in [1.29, 1.82) is 0 Å². The standard InChI is InChI=1S/C12H14ClN3/c1-14-8-12-6-7-16(15-12)9-10-2-4-11(13)5-3-10/h2-7,14H,8-9H2,1H3. The fourth-order valence-corrected chi connectivity index (χ4v) is 1.67. The predicted octanol–water partition coefficient (Wildman–Crippen LogP) is 2.30. The summed E-state index contributed by atoms with van der Waals surface area (Å²) in [5.74, 6) is 0. The minimum absolute atomic E-state index is 0.764. The van der Waals surface area contributed by atoms with Gasteiger partial charge >= 0.3 is 0 Å². The zero-order valence-electron chi connectivity index (χ0n) is 9.15. The molecule has 0 aliphatic heterocycles. The maximum Gasteiger partial charge on any atom is 0.0762 e. The van der Waals surface area contributed by atoms with E-state index >= 15 is 0 Å². The van der Waals surface area contributed by atoms with Gasteiger partial charge in [-0.15, -0.1) is 0 Å². The minimum Gasteiger partial charge on any atom is -0.314 e. The van der Waals surface area contributed by atoms with Crippen LogP contribution in [0.2, 0.25) is 5.02 Å². The van der Waals surface area contributed by atoms with Crippen LogP contribution in [0.1, 0.15) is 11.3 Å². The quantitative estimate of drug-likeness (QED) is 0.882. The molecule has 0 aliphatic carbocycles. The van der Waals surface area contributed by atoms with Crippen molar-refractivity contribution >= 4 is 11.6 Å². The van der Waals surface area contributed by atoms with E-state index in [4.69, 9.17) is 11.6 Å². The summed E-state index contributed by atoms with van der Waals surface area (Å²) in [6.45, 7) is 1.58. The number of aromatic nitrogens is 2. The van der Waals surface area contributed by atoms with Crippen molar-refractivity contribution in [3.63, 3.8) is 0 Å². The molecule has 0 saturated carbocycles. The summed E-state index contributed by atoms with van der Waals surface area (Å²) >= 11 is 5.83. The van der Waals surface area contributed by atoms with E-state index in [1.807, 2.05) is 48.3 Å². The number of hydrogen-bond acceptors (Lipinski definition) is 2. The first-order valence-electron chi connectivity index (χ1n) is 5.19. The third-order valence-electron chi connectivity index (χ3n) is 2.31. The number of hydrogen-bond donors (Lipinski definition) is 1. The van der Waals surface area contributed by atoms with Gasteiger partial charge in [-0.3, -0.25) is 4.68 Å². The van der Waals surface area contributed by atoms with Gasteiger partial charge < -0.3 is 5.32 Å². The topological polar surface area (TPSA) is 29.9 Å². The highest BCUT2D eigenvalue weighted by molar-refractivity contribution is 6.30. The average Bonchev–Trinajstić information content (AvgIpc) is 2.70. The maximum atomic E-state index is 5.83. The van der Waals surface area contributed by atoms with E-state index in [1.165, 1.54) is 5.56 Å². The first-order chi connectivity index (χ1) is 7.78. The molecule has 0 fully saturated rings. The lowest BCUT2D eigenvalue weighted by Crippen LogP contribution is -2.07. The third kappa shape index (κ3) is 2.84. The highest BCUT2D eigenvalue weighted by atomic mass is 35.5. The van der Waals surface area contributed by atoms with E-state index in [-0.39, 0.29) is 0 Å². The van der Waals surface area contributed by atoms with Crippen molar-refractivity contribution in [2.45, 2.75) is 13.1 Å². The van der Waals surface area contributed by atoms with Gasteiger partial charge in [0.05, 0.1) is 12.2 Å². The molecular formula is C12H14ClN3. The molecule has 3 nitrogen and oxygen atoms in total. The van der Waals surface area contributed by atoms with Crippen LogP contribution in [0.3, 0.4) is 0 Å². The van der Waals surface area contributed by atoms with Crippen LogP contribution >= 0.6 is 11.6 Å². The van der Waals surface area contributed by atoms with E-state index in [0.29, 0.717) is 0 Å². The lowest BCUT2D eigenvalue weighted by molar-refractivity contribution is 0.659. The van der Waals surface area contributed by atoms with Crippen LogP contribution in [-0.2, 0) is 13.1 Å². The van der Waals surface area contributed by atoms with Crippen molar-refractivity contribution in [1.82, 2.24) is 15.1 Å². The molecule has 1 aromatic carbocycles. The van der Waals surface area contributed by atoms with Crippen molar-refractivity contribution in [2.75, 3.05) is 7.05 Å². The second-order valence-corrected chi connectivity index (χ2v) is 4.10. The molecule has 2 aromatic rings. The summed E-state index contributed by atoms with van der Waals surface area (Å²) in [7, 11) is 1.91. The largest absolute Gasteiger partial charge is 0.314 e. The Bertz CT molecular complexity index is 448. The van der Waals surface area contributed by atoms with E-state index in [1.54, 1.807) is 0 Å². The van der Waals surface area contributed by atoms with Crippen LogP contribution in [0, 0.1) is 0 Å². The molecule has 1 aromatic heterocycles. The maximum absolute atomic E-state index is 5.83. The smallest absolute Gasteiger partial charge is 0.0762 e. The summed E-state index contributed by atoms with van der Waals surface area (Å²) < 4.78 is 1.93. The second-order valence-electron chi connectivity index (χ2n) is 3.66. The summed E-state index contributed by atoms with van der Waals surface area (Å²) in [6, 6.07) is 9.85. The molecule has 1 N–H and O–H groups in total. The van der Waals surface area contributed by atoms with Gasteiger partial charge in [-0.1, -0.05) is 23.7 Å². The molecule has 0 spiro atoms. The Morgan fingerprint density at radius 3 is 2.69 bits per heavy atom. The van der Waals surface area contributed by atoms with Crippen LogP contribution in [0.5, 0.6) is 0 Å². The summed E-state index contributed by atoms with van der Waals surface area (Å²) in [6.07, 6.45) is 1.99. The molecule has 4 heteroatoms. The zero-order chi connectivity index (χ0) is 11.4. The Morgan fingerprint density at radius 2 is 2.00 bits per heavy atom. The zero-order valence-corrected chi connectivity index (χ0v) is 9.91. The predicted molar refractivity (Wildman–Crippen MR) is 65.5 cm³/mol. The molecule has 0 radical (unpaired) electrons. The lowest BCUT2D eigenvalue weighted by Gasteiger charge is -2.02. The highest BCUT2D eigenvalue weighted by Crippen LogP contribution is 2.10. The third-order valence-corrected chi connectivity index (χ3v) is 2.56. The molecule has 16 heavy (non-hydrogen) atoms. The number of benzene rings is 1. The first kappa shape index (κ1) is 11.2. The molecule has 84 valence electrons. The molecule has 0 atom stereocenters. The van der Waals surface area contributed by atoms with Gasteiger partial charge in [0.15, 0.2) is 0 Å². The van der Waals surface area contributed by atoms with Crippen molar-refractivity contribution in [2.24, 2.45) is 0 Å². The Balaban J connectivity index is 2.05. The molecule has 0 amide bonds. The van der Waals surface area contributed by atoms with Crippen molar-refractivity contribution in [3.8, 4) is 0 Å². The van der Waals surface area contributed by atoms with Gasteiger partial charge in [0, 0.05) is 17.8 Å². The molecule has 1 heterocycles. The fraction of sp³-hybridized carbons (Fsp3) is 0.250. The van der Waals surface area contributed by atoms with Gasteiger partial charge in [-0.25, -0.2) is 0 Å². The van der Waals surface area contributed by atoms with Crippen LogP contribution in [-0.4, -0.2) is 16.8 Å². The Labute approximate surface area is 100 Å². The number of halogens is 1. The van der Waals surface area contributed by atoms with Gasteiger partial charge in [0.25, 0.3) is 0 Å². The SMILES string of the molecule is CNCc1ccn(Cc2ccc(Cl)cc2)n1. The van der Waals surface area contributed by atoms with Crippen molar-refractivity contribution in [3.05, 3.63) is 52.8 Å². The van der Waals surface area contributed by atoms with E-state index in [0.717, 1.165) is 23.8 Å². The van der Waals surface area contributed by atoms with Gasteiger partial charge in [0.1, 0.15) is 0 Å². The molecule has 2 rings (SSSR count). The Morgan fingerprint density at radius 1 is 1.25 bits per heavy atom. The lowest BCUT2D eigenvalue weighted by atomic mass is 10.2. The Hall–Kier alpha value is -1.32. The second kappa shape index (κ2) is 5.14. The molecule has 0 saturated heterocycles. The van der Waals surface area contributed by atoms with Crippen LogP contribution in [0.15, 0.2) is 36.5 Å².